The molecular weight excluding hydrogens is 351 g/mol. The van der Waals surface area contributed by atoms with E-state index in [1.807, 2.05) is 6.92 Å². The van der Waals surface area contributed by atoms with Crippen LogP contribution in [0, 0.1) is 11.7 Å². The van der Waals surface area contributed by atoms with Gasteiger partial charge >= 0.3 is 5.97 Å². The summed E-state index contributed by atoms with van der Waals surface area (Å²) in [7, 11) is 0. The second-order valence-corrected chi connectivity index (χ2v) is 6.90. The topological polar surface area (TPSA) is 109 Å². The number of carbonyl (C=O) groups is 1. The predicted octanol–water partition coefficient (Wildman–Crippen LogP) is 2.24. The molecule has 146 valence electrons. The van der Waals surface area contributed by atoms with Gasteiger partial charge in [0.15, 0.2) is 5.82 Å². The summed E-state index contributed by atoms with van der Waals surface area (Å²) < 4.78 is 16.3. The van der Waals surface area contributed by atoms with Crippen molar-refractivity contribution < 1.29 is 14.3 Å². The van der Waals surface area contributed by atoms with Gasteiger partial charge < -0.3 is 26.0 Å². The summed E-state index contributed by atoms with van der Waals surface area (Å²) >= 11 is 0. The van der Waals surface area contributed by atoms with Crippen molar-refractivity contribution >= 4 is 28.2 Å². The first-order valence-electron chi connectivity index (χ1n) is 9.24. The molecule has 0 unspecified atom stereocenters. The van der Waals surface area contributed by atoms with Gasteiger partial charge in [-0.15, -0.1) is 0 Å². The Labute approximate surface area is 156 Å². The number of benzene rings is 1. The lowest BCUT2D eigenvalue weighted by atomic mass is 10.1. The summed E-state index contributed by atoms with van der Waals surface area (Å²) in [4.78, 5) is 23.8. The predicted molar refractivity (Wildman–Crippen MR) is 104 cm³/mol. The summed E-state index contributed by atoms with van der Waals surface area (Å²) in [6.07, 6.45) is 3.62. The van der Waals surface area contributed by atoms with Crippen molar-refractivity contribution in [2.24, 2.45) is 5.92 Å². The smallest absolute Gasteiger partial charge is 0.341 e. The molecular formula is C19H25FN4O3. The highest BCUT2D eigenvalue weighted by Gasteiger charge is 2.34. The largest absolute Gasteiger partial charge is 0.477 e. The Morgan fingerprint density at radius 1 is 1.41 bits per heavy atom. The van der Waals surface area contributed by atoms with Crippen LogP contribution in [0.1, 0.15) is 37.0 Å². The van der Waals surface area contributed by atoms with E-state index in [0.29, 0.717) is 31.2 Å². The molecule has 1 heterocycles. The van der Waals surface area contributed by atoms with Gasteiger partial charge in [-0.05, 0) is 25.3 Å². The zero-order valence-electron chi connectivity index (χ0n) is 15.5. The first-order valence-corrected chi connectivity index (χ1v) is 9.24. The second kappa shape index (κ2) is 7.56. The molecule has 0 spiro atoms. The van der Waals surface area contributed by atoms with Crippen molar-refractivity contribution in [1.82, 2.24) is 9.88 Å². The maximum atomic E-state index is 14.7. The number of anilines is 2. The Morgan fingerprint density at radius 3 is 2.74 bits per heavy atom. The van der Waals surface area contributed by atoms with Crippen LogP contribution in [0.25, 0.3) is 10.9 Å². The number of hydrogen-bond donors (Lipinski definition) is 4. The Balaban J connectivity index is 1.89. The Morgan fingerprint density at radius 2 is 2.15 bits per heavy atom. The van der Waals surface area contributed by atoms with E-state index in [2.05, 4.69) is 17.6 Å². The molecule has 2 atom stereocenters. The molecule has 1 aliphatic rings. The zero-order valence-corrected chi connectivity index (χ0v) is 15.5. The van der Waals surface area contributed by atoms with E-state index in [9.17, 15) is 19.1 Å². The molecule has 2 aromatic rings. The maximum absolute atomic E-state index is 14.7. The minimum Gasteiger partial charge on any atom is -0.477 e. The van der Waals surface area contributed by atoms with Crippen LogP contribution in [0.3, 0.4) is 0 Å². The molecule has 8 heteroatoms. The van der Waals surface area contributed by atoms with Crippen molar-refractivity contribution in [3.8, 4) is 0 Å². The Hall–Kier alpha value is -2.61. The van der Waals surface area contributed by atoms with Crippen LogP contribution in [-0.2, 0) is 6.54 Å². The van der Waals surface area contributed by atoms with Crippen molar-refractivity contribution in [2.45, 2.75) is 39.3 Å². The van der Waals surface area contributed by atoms with Gasteiger partial charge in [0, 0.05) is 31.9 Å². The fraction of sp³-hybridized carbons (Fsp3) is 0.474. The molecule has 1 fully saturated rings. The monoisotopic (exact) mass is 376 g/mol. The maximum Gasteiger partial charge on any atom is 0.341 e. The minimum atomic E-state index is -1.36. The first-order chi connectivity index (χ1) is 12.9. The van der Waals surface area contributed by atoms with Gasteiger partial charge in [-0.3, -0.25) is 4.79 Å². The number of rotatable bonds is 8. The number of carboxylic acids is 1. The summed E-state index contributed by atoms with van der Waals surface area (Å²) in [5.74, 6) is -1.36. The molecule has 27 heavy (non-hydrogen) atoms. The van der Waals surface area contributed by atoms with Gasteiger partial charge in [0.25, 0.3) is 0 Å². The van der Waals surface area contributed by atoms with Crippen molar-refractivity contribution in [3.05, 3.63) is 33.9 Å². The number of nitrogens with zero attached hydrogens (tertiary/aromatic N) is 1. The van der Waals surface area contributed by atoms with Crippen LogP contribution < -0.4 is 21.8 Å². The zero-order chi connectivity index (χ0) is 19.7. The molecule has 1 aromatic carbocycles. The molecule has 0 saturated heterocycles. The third-order valence-electron chi connectivity index (χ3n) is 5.21. The molecule has 3 rings (SSSR count). The molecule has 0 aliphatic heterocycles. The van der Waals surface area contributed by atoms with Crippen molar-refractivity contribution in [3.63, 3.8) is 0 Å². The van der Waals surface area contributed by atoms with Crippen LogP contribution in [0.4, 0.5) is 15.8 Å². The lowest BCUT2D eigenvalue weighted by Crippen LogP contribution is -2.26. The highest BCUT2D eigenvalue weighted by molar-refractivity contribution is 5.99. The summed E-state index contributed by atoms with van der Waals surface area (Å²) in [6.45, 7) is 5.60. The number of nitrogens with one attached hydrogen (secondary N) is 2. The number of fused-ring (bicyclic) bond motifs is 1. The Bertz CT molecular complexity index is 941. The van der Waals surface area contributed by atoms with E-state index in [1.165, 1.54) is 18.7 Å². The van der Waals surface area contributed by atoms with Crippen LogP contribution in [0.5, 0.6) is 0 Å². The van der Waals surface area contributed by atoms with Crippen LogP contribution in [0.15, 0.2) is 17.1 Å². The van der Waals surface area contributed by atoms with E-state index in [-0.39, 0.29) is 16.8 Å². The summed E-state index contributed by atoms with van der Waals surface area (Å²) in [6, 6.07) is 2.06. The first kappa shape index (κ1) is 19.2. The molecule has 7 nitrogen and oxygen atoms in total. The van der Waals surface area contributed by atoms with E-state index in [4.69, 9.17) is 5.73 Å². The van der Waals surface area contributed by atoms with Crippen LogP contribution in [-0.4, -0.2) is 34.8 Å². The quantitative estimate of drug-likeness (QED) is 0.416. The van der Waals surface area contributed by atoms with Crippen LogP contribution in [0.2, 0.25) is 0 Å². The summed E-state index contributed by atoms with van der Waals surface area (Å²) in [5, 5.41) is 15.6. The highest BCUT2D eigenvalue weighted by Crippen LogP contribution is 2.33. The number of aromatic nitrogens is 1. The van der Waals surface area contributed by atoms with E-state index < -0.39 is 22.8 Å². The average molecular weight is 376 g/mol. The second-order valence-electron chi connectivity index (χ2n) is 6.90. The van der Waals surface area contributed by atoms with Gasteiger partial charge in [0.1, 0.15) is 5.56 Å². The number of aryl methyl sites for hydroxylation is 1. The highest BCUT2D eigenvalue weighted by atomic mass is 19.1. The number of aromatic carboxylic acids is 1. The van der Waals surface area contributed by atoms with Gasteiger partial charge in [0.2, 0.25) is 5.43 Å². The molecule has 0 bridgehead atoms. The molecule has 5 N–H and O–H groups in total. The Kier molecular flexibility index (Phi) is 5.36. The standard InChI is InChI=1S/C19H25FN4O3/c1-3-10-7-12(10)22-5-6-23-13-8-14-15(17(21)16(13)20)18(25)11(19(26)27)9-24(14)4-2/h8-10,12,22-23H,3-7,21H2,1-2H3,(H,26,27)/t10-,12-/m0/s1. The number of carboxylic acid groups (broad SMARTS) is 1. The normalized spacial score (nSPS) is 18.6. The lowest BCUT2D eigenvalue weighted by molar-refractivity contribution is 0.0695. The third kappa shape index (κ3) is 3.62. The van der Waals surface area contributed by atoms with Crippen molar-refractivity contribution in [2.75, 3.05) is 24.1 Å². The lowest BCUT2D eigenvalue weighted by Gasteiger charge is -2.16. The van der Waals surface area contributed by atoms with Gasteiger partial charge in [0.05, 0.1) is 22.3 Å². The van der Waals surface area contributed by atoms with Gasteiger partial charge in [-0.1, -0.05) is 13.3 Å². The summed E-state index contributed by atoms with van der Waals surface area (Å²) in [5.41, 5.74) is 4.97. The molecule has 1 aliphatic carbocycles. The van der Waals surface area contributed by atoms with E-state index >= 15 is 0 Å². The SMILES string of the molecule is CC[C@H]1C[C@@H]1NCCNc1cc2c(c(N)c1F)c(=O)c(C(=O)O)cn2CC. The van der Waals surface area contributed by atoms with E-state index in [0.717, 1.165) is 12.3 Å². The van der Waals surface area contributed by atoms with Crippen LogP contribution >= 0.6 is 0 Å². The van der Waals surface area contributed by atoms with Crippen molar-refractivity contribution in [1.29, 1.82) is 0 Å². The number of hydrogen-bond acceptors (Lipinski definition) is 5. The average Bonchev–Trinajstić information content (AvgIpc) is 3.40. The molecule has 1 aromatic heterocycles. The molecule has 0 amide bonds. The number of nitrogen functional groups attached to an aromatic ring is 1. The van der Waals surface area contributed by atoms with E-state index in [1.54, 1.807) is 4.57 Å². The molecule has 1 saturated carbocycles. The number of nitrogens with two attached hydrogens (primary N) is 1. The fourth-order valence-electron chi connectivity index (χ4n) is 3.50. The fourth-order valence-corrected chi connectivity index (χ4v) is 3.50. The number of halogens is 1. The third-order valence-corrected chi connectivity index (χ3v) is 5.21. The van der Waals surface area contributed by atoms with Gasteiger partial charge in [-0.25, -0.2) is 9.18 Å². The van der Waals surface area contributed by atoms with Gasteiger partial charge in [-0.2, -0.15) is 0 Å². The minimum absolute atomic E-state index is 0.0957. The number of pyridine rings is 1. The molecule has 0 radical (unpaired) electrons.